The Hall–Kier alpha value is -0.860. The Balaban J connectivity index is 4.23. The molecule has 0 fully saturated rings. The van der Waals surface area contributed by atoms with Crippen LogP contribution in [0.4, 0.5) is 4.79 Å². The summed E-state index contributed by atoms with van der Waals surface area (Å²) in [5, 5.41) is 0. The zero-order chi connectivity index (χ0) is 12.1. The number of amides is 1. The SMILES string of the molecule is COC(=O)NS(=O)(=O)NCC(C)(C)CN. The average Bonchev–Trinajstić information content (AvgIpc) is 2.14. The van der Waals surface area contributed by atoms with E-state index in [1.54, 1.807) is 18.6 Å². The van der Waals surface area contributed by atoms with Crippen molar-refractivity contribution in [3.63, 3.8) is 0 Å². The molecule has 0 saturated carbocycles. The van der Waals surface area contributed by atoms with Gasteiger partial charge in [0.15, 0.2) is 0 Å². The normalized spacial score (nSPS) is 12.3. The lowest BCUT2D eigenvalue weighted by atomic mass is 9.95. The number of hydrogen-bond acceptors (Lipinski definition) is 5. The number of methoxy groups -OCH3 is 1. The van der Waals surface area contributed by atoms with Crippen molar-refractivity contribution in [2.75, 3.05) is 20.2 Å². The molecule has 1 amide bonds. The van der Waals surface area contributed by atoms with Gasteiger partial charge in [0.2, 0.25) is 0 Å². The molecule has 0 atom stereocenters. The summed E-state index contributed by atoms with van der Waals surface area (Å²) in [6, 6.07) is 0. The molecule has 0 unspecified atom stereocenters. The van der Waals surface area contributed by atoms with Gasteiger partial charge < -0.3 is 10.5 Å². The van der Waals surface area contributed by atoms with Crippen LogP contribution < -0.4 is 15.2 Å². The Labute approximate surface area is 89.5 Å². The molecule has 0 aliphatic carbocycles. The first kappa shape index (κ1) is 14.1. The first-order valence-electron chi connectivity index (χ1n) is 4.28. The second-order valence-electron chi connectivity index (χ2n) is 3.79. The van der Waals surface area contributed by atoms with E-state index in [9.17, 15) is 13.2 Å². The molecule has 8 heteroatoms. The lowest BCUT2D eigenvalue weighted by molar-refractivity contribution is 0.177. The van der Waals surface area contributed by atoms with Gasteiger partial charge in [-0.15, -0.1) is 0 Å². The highest BCUT2D eigenvalue weighted by Crippen LogP contribution is 2.10. The molecule has 4 N–H and O–H groups in total. The summed E-state index contributed by atoms with van der Waals surface area (Å²) in [4.78, 5) is 10.6. The summed E-state index contributed by atoms with van der Waals surface area (Å²) in [5.74, 6) is 0. The molecule has 0 aliphatic heterocycles. The summed E-state index contributed by atoms with van der Waals surface area (Å²) in [7, 11) is -2.79. The molecular formula is C7H17N3O4S. The van der Waals surface area contributed by atoms with Crippen LogP contribution in [-0.4, -0.2) is 34.7 Å². The molecule has 7 nitrogen and oxygen atoms in total. The number of nitrogens with one attached hydrogen (secondary N) is 2. The smallest absolute Gasteiger partial charge is 0.421 e. The van der Waals surface area contributed by atoms with Gasteiger partial charge in [0.1, 0.15) is 0 Å². The van der Waals surface area contributed by atoms with Gasteiger partial charge in [-0.2, -0.15) is 13.1 Å². The van der Waals surface area contributed by atoms with Crippen LogP contribution in [0.25, 0.3) is 0 Å². The van der Waals surface area contributed by atoms with Crippen LogP contribution in [0.3, 0.4) is 0 Å². The number of ether oxygens (including phenoxy) is 1. The maximum absolute atomic E-state index is 11.2. The minimum absolute atomic E-state index is 0.135. The van der Waals surface area contributed by atoms with E-state index in [0.29, 0.717) is 6.54 Å². The summed E-state index contributed by atoms with van der Waals surface area (Å²) in [6.07, 6.45) is -1.03. The quantitative estimate of drug-likeness (QED) is 0.579. The Morgan fingerprint density at radius 1 is 1.47 bits per heavy atom. The van der Waals surface area contributed by atoms with E-state index in [0.717, 1.165) is 7.11 Å². The maximum Gasteiger partial charge on any atom is 0.421 e. The van der Waals surface area contributed by atoms with Crippen molar-refractivity contribution in [2.45, 2.75) is 13.8 Å². The molecule has 0 aromatic carbocycles. The molecule has 0 rings (SSSR count). The van der Waals surface area contributed by atoms with E-state index in [1.165, 1.54) is 0 Å². The molecule has 15 heavy (non-hydrogen) atoms. The number of carbonyl (C=O) groups is 1. The third-order valence-electron chi connectivity index (χ3n) is 1.70. The maximum atomic E-state index is 11.2. The topological polar surface area (TPSA) is 111 Å². The minimum Gasteiger partial charge on any atom is -0.452 e. The Morgan fingerprint density at radius 2 is 2.00 bits per heavy atom. The molecule has 0 heterocycles. The van der Waals surface area contributed by atoms with E-state index in [1.807, 2.05) is 0 Å². The summed E-state index contributed by atoms with van der Waals surface area (Å²) in [6.45, 7) is 4.06. The lowest BCUT2D eigenvalue weighted by Crippen LogP contribution is -2.45. The largest absolute Gasteiger partial charge is 0.452 e. The van der Waals surface area contributed by atoms with E-state index in [4.69, 9.17) is 5.73 Å². The molecule has 0 aliphatic rings. The number of nitrogens with two attached hydrogens (primary N) is 1. The van der Waals surface area contributed by atoms with Gasteiger partial charge in [0.05, 0.1) is 7.11 Å². The number of rotatable bonds is 5. The molecule has 0 radical (unpaired) electrons. The minimum atomic E-state index is -3.87. The zero-order valence-corrected chi connectivity index (χ0v) is 9.85. The zero-order valence-electron chi connectivity index (χ0n) is 9.03. The van der Waals surface area contributed by atoms with Gasteiger partial charge >= 0.3 is 16.3 Å². The Bertz CT molecular complexity index is 312. The third-order valence-corrected chi connectivity index (χ3v) is 2.66. The van der Waals surface area contributed by atoms with E-state index >= 15 is 0 Å². The van der Waals surface area contributed by atoms with Crippen LogP contribution in [0.1, 0.15) is 13.8 Å². The first-order valence-corrected chi connectivity index (χ1v) is 5.76. The summed E-state index contributed by atoms with van der Waals surface area (Å²) >= 11 is 0. The predicted octanol–water partition coefficient (Wildman–Crippen LogP) is -0.838. The van der Waals surface area contributed by atoms with Crippen molar-refractivity contribution in [3.8, 4) is 0 Å². The van der Waals surface area contributed by atoms with E-state index in [2.05, 4.69) is 9.46 Å². The van der Waals surface area contributed by atoms with Crippen molar-refractivity contribution < 1.29 is 17.9 Å². The fourth-order valence-corrected chi connectivity index (χ4v) is 1.51. The molecule has 0 spiro atoms. The summed E-state index contributed by atoms with van der Waals surface area (Å²) < 4.78 is 30.4. The van der Waals surface area contributed by atoms with Crippen LogP contribution in [0.5, 0.6) is 0 Å². The predicted molar refractivity (Wildman–Crippen MR) is 55.3 cm³/mol. The van der Waals surface area contributed by atoms with Crippen LogP contribution in [0.2, 0.25) is 0 Å². The van der Waals surface area contributed by atoms with Crippen molar-refractivity contribution >= 4 is 16.3 Å². The Kier molecular flexibility index (Phi) is 4.98. The van der Waals surface area contributed by atoms with Gasteiger partial charge in [-0.3, -0.25) is 0 Å². The molecular weight excluding hydrogens is 222 g/mol. The second-order valence-corrected chi connectivity index (χ2v) is 5.29. The van der Waals surface area contributed by atoms with Crippen LogP contribution in [0, 0.1) is 5.41 Å². The van der Waals surface area contributed by atoms with Gasteiger partial charge in [0.25, 0.3) is 0 Å². The van der Waals surface area contributed by atoms with Crippen molar-refractivity contribution in [1.29, 1.82) is 0 Å². The van der Waals surface area contributed by atoms with Crippen molar-refractivity contribution in [2.24, 2.45) is 11.1 Å². The molecule has 90 valence electrons. The van der Waals surface area contributed by atoms with Gasteiger partial charge in [-0.05, 0) is 12.0 Å². The highest BCUT2D eigenvalue weighted by molar-refractivity contribution is 7.88. The van der Waals surface area contributed by atoms with Gasteiger partial charge in [-0.25, -0.2) is 9.52 Å². The monoisotopic (exact) mass is 239 g/mol. The van der Waals surface area contributed by atoms with Crippen LogP contribution in [0.15, 0.2) is 0 Å². The second kappa shape index (κ2) is 5.29. The highest BCUT2D eigenvalue weighted by atomic mass is 32.2. The average molecular weight is 239 g/mol. The lowest BCUT2D eigenvalue weighted by Gasteiger charge is -2.22. The molecule has 0 saturated heterocycles. The standard InChI is InChI=1S/C7H17N3O4S/c1-7(2,4-8)5-9-15(12,13)10-6(11)14-3/h9H,4-5,8H2,1-3H3,(H,10,11). The highest BCUT2D eigenvalue weighted by Gasteiger charge is 2.20. The summed E-state index contributed by atoms with van der Waals surface area (Å²) in [5.41, 5.74) is 5.05. The molecule has 0 aromatic rings. The Morgan fingerprint density at radius 3 is 2.40 bits per heavy atom. The first-order chi connectivity index (χ1) is 6.72. The van der Waals surface area contributed by atoms with E-state index in [-0.39, 0.29) is 12.0 Å². The van der Waals surface area contributed by atoms with Crippen LogP contribution >= 0.6 is 0 Å². The number of carbonyl (C=O) groups excluding carboxylic acids is 1. The fourth-order valence-electron chi connectivity index (χ4n) is 0.550. The fraction of sp³-hybridized carbons (Fsp3) is 0.857. The van der Waals surface area contributed by atoms with Gasteiger partial charge in [-0.1, -0.05) is 13.8 Å². The third kappa shape index (κ3) is 6.26. The van der Waals surface area contributed by atoms with Crippen molar-refractivity contribution in [1.82, 2.24) is 9.44 Å². The van der Waals surface area contributed by atoms with Crippen LogP contribution in [-0.2, 0) is 14.9 Å². The van der Waals surface area contributed by atoms with E-state index < -0.39 is 16.3 Å². The molecule has 0 bridgehead atoms. The molecule has 0 aromatic heterocycles. The van der Waals surface area contributed by atoms with Gasteiger partial charge in [0, 0.05) is 6.54 Å². The van der Waals surface area contributed by atoms with Crippen molar-refractivity contribution in [3.05, 3.63) is 0 Å². The number of hydrogen-bond donors (Lipinski definition) is 3.